The minimum absolute atomic E-state index is 0.172. The van der Waals surface area contributed by atoms with Gasteiger partial charge in [0.1, 0.15) is 6.61 Å². The predicted molar refractivity (Wildman–Crippen MR) is 76.5 cm³/mol. The molecule has 0 aromatic heterocycles. The minimum atomic E-state index is -0.468. The summed E-state index contributed by atoms with van der Waals surface area (Å²) in [5.74, 6) is 0.155. The first-order chi connectivity index (χ1) is 9.97. The minimum Gasteiger partial charge on any atom is -0.493 e. The quantitative estimate of drug-likeness (QED) is 0.591. The number of carbonyl (C=O) groups excluding carboxylic acids is 2. The van der Waals surface area contributed by atoms with Crippen LogP contribution in [0.1, 0.15) is 19.4 Å². The van der Waals surface area contributed by atoms with Gasteiger partial charge in [-0.3, -0.25) is 9.59 Å². The van der Waals surface area contributed by atoms with E-state index in [4.69, 9.17) is 18.9 Å². The average molecular weight is 294 g/mol. The van der Waals surface area contributed by atoms with Crippen molar-refractivity contribution in [2.45, 2.75) is 13.8 Å². The number of rotatable bonds is 6. The average Bonchev–Trinajstić information content (AvgIpc) is 2.43. The summed E-state index contributed by atoms with van der Waals surface area (Å²) in [7, 11) is 2.93. The molecule has 21 heavy (non-hydrogen) atoms. The lowest BCUT2D eigenvalue weighted by Crippen LogP contribution is -2.05. The van der Waals surface area contributed by atoms with Crippen molar-refractivity contribution in [3.05, 3.63) is 23.8 Å². The molecule has 0 spiro atoms. The Morgan fingerprint density at radius 3 is 2.05 bits per heavy atom. The number of hydrogen-bond acceptors (Lipinski definition) is 6. The molecule has 0 heterocycles. The summed E-state index contributed by atoms with van der Waals surface area (Å²) in [4.78, 5) is 21.8. The van der Waals surface area contributed by atoms with E-state index >= 15 is 0 Å². The summed E-state index contributed by atoms with van der Waals surface area (Å²) in [6.07, 6.45) is 3.42. The highest BCUT2D eigenvalue weighted by Crippen LogP contribution is 2.39. The molecule has 0 aliphatic carbocycles. The van der Waals surface area contributed by atoms with Crippen molar-refractivity contribution in [1.29, 1.82) is 0 Å². The van der Waals surface area contributed by atoms with Gasteiger partial charge in [0.25, 0.3) is 0 Å². The molecular formula is C15H18O6. The molecule has 0 bridgehead atoms. The van der Waals surface area contributed by atoms with Crippen LogP contribution in [-0.2, 0) is 14.3 Å². The van der Waals surface area contributed by atoms with E-state index in [-0.39, 0.29) is 18.3 Å². The van der Waals surface area contributed by atoms with Crippen LogP contribution in [0.15, 0.2) is 18.2 Å². The fourth-order valence-corrected chi connectivity index (χ4v) is 1.59. The van der Waals surface area contributed by atoms with E-state index in [0.717, 1.165) is 5.56 Å². The van der Waals surface area contributed by atoms with Crippen LogP contribution in [0.3, 0.4) is 0 Å². The lowest BCUT2D eigenvalue weighted by atomic mass is 10.1. The van der Waals surface area contributed by atoms with E-state index in [1.165, 1.54) is 28.1 Å². The van der Waals surface area contributed by atoms with Crippen molar-refractivity contribution in [2.75, 3.05) is 20.8 Å². The highest BCUT2D eigenvalue weighted by molar-refractivity contribution is 5.73. The SMILES string of the molecule is COc1cc(/C=C/COC(C)=O)cc(OC)c1OC(C)=O. The van der Waals surface area contributed by atoms with Crippen molar-refractivity contribution in [3.8, 4) is 17.2 Å². The summed E-state index contributed by atoms with van der Waals surface area (Å²) in [6.45, 7) is 2.81. The standard InChI is InChI=1S/C15H18O6/c1-10(16)20-7-5-6-12-8-13(18-3)15(21-11(2)17)14(9-12)19-4/h5-6,8-9H,7H2,1-4H3/b6-5+. The first kappa shape index (κ1) is 16.6. The molecule has 0 radical (unpaired) electrons. The van der Waals surface area contributed by atoms with Crippen LogP contribution < -0.4 is 14.2 Å². The van der Waals surface area contributed by atoms with E-state index < -0.39 is 5.97 Å². The third-order valence-electron chi connectivity index (χ3n) is 2.42. The van der Waals surface area contributed by atoms with Crippen molar-refractivity contribution in [2.24, 2.45) is 0 Å². The van der Waals surface area contributed by atoms with E-state index in [0.29, 0.717) is 11.5 Å². The molecule has 0 fully saturated rings. The van der Waals surface area contributed by atoms with Crippen LogP contribution in [0.5, 0.6) is 17.2 Å². The largest absolute Gasteiger partial charge is 0.493 e. The zero-order valence-corrected chi connectivity index (χ0v) is 12.5. The molecular weight excluding hydrogens is 276 g/mol. The van der Waals surface area contributed by atoms with Gasteiger partial charge in [-0.05, 0) is 23.8 Å². The maximum atomic E-state index is 11.1. The zero-order valence-electron chi connectivity index (χ0n) is 12.5. The fourth-order valence-electron chi connectivity index (χ4n) is 1.59. The zero-order chi connectivity index (χ0) is 15.8. The lowest BCUT2D eigenvalue weighted by molar-refractivity contribution is -0.139. The van der Waals surface area contributed by atoms with Crippen LogP contribution in [0, 0.1) is 0 Å². The van der Waals surface area contributed by atoms with Crippen LogP contribution in [0.2, 0.25) is 0 Å². The molecule has 6 heteroatoms. The maximum Gasteiger partial charge on any atom is 0.308 e. The van der Waals surface area contributed by atoms with Crippen molar-refractivity contribution in [1.82, 2.24) is 0 Å². The number of benzene rings is 1. The molecule has 0 N–H and O–H groups in total. The Morgan fingerprint density at radius 2 is 1.62 bits per heavy atom. The van der Waals surface area contributed by atoms with Crippen molar-refractivity contribution >= 4 is 18.0 Å². The van der Waals surface area contributed by atoms with Gasteiger partial charge in [0, 0.05) is 13.8 Å². The van der Waals surface area contributed by atoms with E-state index in [9.17, 15) is 9.59 Å². The second-order valence-electron chi connectivity index (χ2n) is 4.05. The smallest absolute Gasteiger partial charge is 0.308 e. The van der Waals surface area contributed by atoms with Crippen LogP contribution in [0.25, 0.3) is 6.08 Å². The first-order valence-electron chi connectivity index (χ1n) is 6.22. The van der Waals surface area contributed by atoms with Crippen LogP contribution in [0.4, 0.5) is 0 Å². The van der Waals surface area contributed by atoms with Gasteiger partial charge in [0.05, 0.1) is 14.2 Å². The number of ether oxygens (including phenoxy) is 4. The third-order valence-corrected chi connectivity index (χ3v) is 2.42. The number of esters is 2. The molecule has 1 rings (SSSR count). The molecule has 0 atom stereocenters. The fraction of sp³-hybridized carbons (Fsp3) is 0.333. The van der Waals surface area contributed by atoms with Crippen LogP contribution in [-0.4, -0.2) is 32.8 Å². The highest BCUT2D eigenvalue weighted by Gasteiger charge is 2.15. The van der Waals surface area contributed by atoms with Gasteiger partial charge < -0.3 is 18.9 Å². The van der Waals surface area contributed by atoms with E-state index in [2.05, 4.69) is 0 Å². The lowest BCUT2D eigenvalue weighted by Gasteiger charge is -2.13. The van der Waals surface area contributed by atoms with Crippen molar-refractivity contribution < 1.29 is 28.5 Å². The maximum absolute atomic E-state index is 11.1. The molecule has 0 saturated heterocycles. The van der Waals surface area contributed by atoms with Gasteiger partial charge >= 0.3 is 11.9 Å². The van der Waals surface area contributed by atoms with Gasteiger partial charge in [-0.2, -0.15) is 0 Å². The predicted octanol–water partition coefficient (Wildman–Crippen LogP) is 2.21. The molecule has 0 aliphatic heterocycles. The van der Waals surface area contributed by atoms with Crippen LogP contribution >= 0.6 is 0 Å². The third kappa shape index (κ3) is 5.18. The van der Waals surface area contributed by atoms with Gasteiger partial charge in [-0.1, -0.05) is 6.08 Å². The molecule has 6 nitrogen and oxygen atoms in total. The Labute approximate surface area is 123 Å². The second-order valence-corrected chi connectivity index (χ2v) is 4.05. The van der Waals surface area contributed by atoms with Gasteiger partial charge in [0.2, 0.25) is 5.75 Å². The Morgan fingerprint density at radius 1 is 1.05 bits per heavy atom. The van der Waals surface area contributed by atoms with E-state index in [1.54, 1.807) is 24.3 Å². The number of carbonyl (C=O) groups is 2. The Hall–Kier alpha value is -2.50. The summed E-state index contributed by atoms with van der Waals surface area (Å²) in [5, 5.41) is 0. The molecule has 1 aromatic carbocycles. The van der Waals surface area contributed by atoms with Gasteiger partial charge in [-0.25, -0.2) is 0 Å². The Balaban J connectivity index is 3.02. The Kier molecular flexibility index (Phi) is 6.26. The van der Waals surface area contributed by atoms with Crippen molar-refractivity contribution in [3.63, 3.8) is 0 Å². The van der Waals surface area contributed by atoms with E-state index in [1.807, 2.05) is 0 Å². The topological polar surface area (TPSA) is 71.1 Å². The molecule has 0 amide bonds. The molecule has 0 saturated carbocycles. The molecule has 1 aromatic rings. The second kappa shape index (κ2) is 7.94. The van der Waals surface area contributed by atoms with Gasteiger partial charge in [-0.15, -0.1) is 0 Å². The summed E-state index contributed by atoms with van der Waals surface area (Å²) >= 11 is 0. The monoisotopic (exact) mass is 294 g/mol. The molecule has 114 valence electrons. The molecule has 0 unspecified atom stereocenters. The van der Waals surface area contributed by atoms with Gasteiger partial charge in [0.15, 0.2) is 11.5 Å². The first-order valence-corrected chi connectivity index (χ1v) is 6.22. The number of hydrogen-bond donors (Lipinski definition) is 0. The number of methoxy groups -OCH3 is 2. The summed E-state index contributed by atoms with van der Waals surface area (Å²) in [5.41, 5.74) is 0.756. The molecule has 0 aliphatic rings. The normalized spacial score (nSPS) is 10.3. The highest BCUT2D eigenvalue weighted by atomic mass is 16.6. The Bertz CT molecular complexity index is 522. The summed E-state index contributed by atoms with van der Waals surface area (Å²) in [6, 6.07) is 3.37. The summed E-state index contributed by atoms with van der Waals surface area (Å²) < 4.78 is 20.3.